The Morgan fingerprint density at radius 1 is 1.35 bits per heavy atom. The van der Waals surface area contributed by atoms with Gasteiger partial charge in [-0.1, -0.05) is 41.1 Å². The van der Waals surface area contributed by atoms with E-state index in [0.717, 1.165) is 28.0 Å². The number of benzene rings is 1. The average molecular weight is 313 g/mol. The summed E-state index contributed by atoms with van der Waals surface area (Å²) in [5.74, 6) is 0. The predicted molar refractivity (Wildman–Crippen MR) is 79.9 cm³/mol. The standard InChI is InChI=1S/C13H17BrN2S/c1-4-13(3,5-2)16-12-15-10-8-9(14)6-7-11(10)17-12/h6-8H,4-5H2,1-3H3,(H,15,16). The number of nitrogens with one attached hydrogen (secondary N) is 1. The Balaban J connectivity index is 2.31. The predicted octanol–water partition coefficient (Wildman–Crippen LogP) is 5.05. The monoisotopic (exact) mass is 312 g/mol. The zero-order chi connectivity index (χ0) is 12.5. The van der Waals surface area contributed by atoms with Crippen LogP contribution < -0.4 is 5.32 Å². The number of rotatable bonds is 4. The van der Waals surface area contributed by atoms with E-state index in [-0.39, 0.29) is 5.54 Å². The molecule has 0 aliphatic carbocycles. The summed E-state index contributed by atoms with van der Waals surface area (Å²) in [6.45, 7) is 6.66. The summed E-state index contributed by atoms with van der Waals surface area (Å²) in [5.41, 5.74) is 1.20. The summed E-state index contributed by atoms with van der Waals surface area (Å²) in [6.07, 6.45) is 2.20. The molecule has 0 bridgehead atoms. The molecule has 2 aromatic rings. The first kappa shape index (κ1) is 12.8. The van der Waals surface area contributed by atoms with Crippen LogP contribution in [0.25, 0.3) is 10.2 Å². The van der Waals surface area contributed by atoms with Crippen molar-refractivity contribution in [3.63, 3.8) is 0 Å². The fourth-order valence-corrected chi connectivity index (χ4v) is 2.98. The molecule has 1 aromatic heterocycles. The van der Waals surface area contributed by atoms with Gasteiger partial charge in [-0.3, -0.25) is 0 Å². The molecule has 17 heavy (non-hydrogen) atoms. The van der Waals surface area contributed by atoms with Crippen molar-refractivity contribution in [3.05, 3.63) is 22.7 Å². The summed E-state index contributed by atoms with van der Waals surface area (Å²) in [5, 5.41) is 4.57. The lowest BCUT2D eigenvalue weighted by Crippen LogP contribution is -2.32. The normalized spacial score (nSPS) is 12.0. The number of fused-ring (bicyclic) bond motifs is 1. The molecule has 4 heteroatoms. The molecule has 0 aliphatic rings. The summed E-state index contributed by atoms with van der Waals surface area (Å²) < 4.78 is 2.31. The van der Waals surface area contributed by atoms with Crippen molar-refractivity contribution in [1.82, 2.24) is 4.98 Å². The zero-order valence-corrected chi connectivity index (χ0v) is 12.8. The first-order valence-electron chi connectivity index (χ1n) is 5.90. The quantitative estimate of drug-likeness (QED) is 0.854. The van der Waals surface area contributed by atoms with Gasteiger partial charge in [0.25, 0.3) is 0 Å². The Labute approximate surface area is 115 Å². The third-order valence-corrected chi connectivity index (χ3v) is 4.76. The third kappa shape index (κ3) is 2.80. The second kappa shape index (κ2) is 4.94. The average Bonchev–Trinajstić information content (AvgIpc) is 2.70. The highest BCUT2D eigenvalue weighted by Crippen LogP contribution is 2.31. The number of hydrogen-bond acceptors (Lipinski definition) is 3. The molecular weight excluding hydrogens is 296 g/mol. The molecule has 2 nitrogen and oxygen atoms in total. The summed E-state index contributed by atoms with van der Waals surface area (Å²) >= 11 is 5.20. The van der Waals surface area contributed by atoms with Crippen LogP contribution in [0.3, 0.4) is 0 Å². The number of aromatic nitrogens is 1. The van der Waals surface area contributed by atoms with Gasteiger partial charge in [0.05, 0.1) is 10.2 Å². The van der Waals surface area contributed by atoms with Crippen LogP contribution in [0.5, 0.6) is 0 Å². The number of nitrogens with zero attached hydrogens (tertiary/aromatic N) is 1. The van der Waals surface area contributed by atoms with Crippen LogP contribution in [0.15, 0.2) is 22.7 Å². The van der Waals surface area contributed by atoms with E-state index in [1.807, 2.05) is 0 Å². The van der Waals surface area contributed by atoms with E-state index in [1.165, 1.54) is 4.70 Å². The summed E-state index contributed by atoms with van der Waals surface area (Å²) in [6, 6.07) is 6.23. The van der Waals surface area contributed by atoms with Crippen LogP contribution in [0.2, 0.25) is 0 Å². The highest BCUT2D eigenvalue weighted by molar-refractivity contribution is 9.10. The topological polar surface area (TPSA) is 24.9 Å². The van der Waals surface area contributed by atoms with Gasteiger partial charge >= 0.3 is 0 Å². The molecule has 1 aromatic carbocycles. The van der Waals surface area contributed by atoms with Crippen LogP contribution >= 0.6 is 27.3 Å². The Bertz CT molecular complexity index is 517. The van der Waals surface area contributed by atoms with E-state index >= 15 is 0 Å². The molecule has 0 radical (unpaired) electrons. The maximum atomic E-state index is 4.63. The SMILES string of the molecule is CCC(C)(CC)Nc1nc2cc(Br)ccc2s1. The van der Waals surface area contributed by atoms with Crippen molar-refractivity contribution in [2.45, 2.75) is 39.2 Å². The maximum Gasteiger partial charge on any atom is 0.184 e. The van der Waals surface area contributed by atoms with E-state index in [1.54, 1.807) is 11.3 Å². The largest absolute Gasteiger partial charge is 0.356 e. The molecule has 0 atom stereocenters. The summed E-state index contributed by atoms with van der Waals surface area (Å²) in [4.78, 5) is 4.63. The molecule has 0 saturated heterocycles. The highest BCUT2D eigenvalue weighted by Gasteiger charge is 2.20. The molecule has 0 fully saturated rings. The highest BCUT2D eigenvalue weighted by atomic mass is 79.9. The minimum Gasteiger partial charge on any atom is -0.356 e. The molecule has 0 amide bonds. The van der Waals surface area contributed by atoms with E-state index in [9.17, 15) is 0 Å². The van der Waals surface area contributed by atoms with Crippen LogP contribution in [-0.2, 0) is 0 Å². The Morgan fingerprint density at radius 3 is 2.71 bits per heavy atom. The lowest BCUT2D eigenvalue weighted by atomic mass is 9.96. The van der Waals surface area contributed by atoms with Crippen molar-refractivity contribution in [3.8, 4) is 0 Å². The van der Waals surface area contributed by atoms with Gasteiger partial charge in [-0.25, -0.2) is 4.98 Å². The first-order chi connectivity index (χ1) is 8.06. The number of hydrogen-bond donors (Lipinski definition) is 1. The molecule has 1 N–H and O–H groups in total. The van der Waals surface area contributed by atoms with Crippen LogP contribution in [-0.4, -0.2) is 10.5 Å². The summed E-state index contributed by atoms with van der Waals surface area (Å²) in [7, 11) is 0. The van der Waals surface area contributed by atoms with Crippen LogP contribution in [0, 0.1) is 0 Å². The second-order valence-electron chi connectivity index (χ2n) is 4.52. The molecule has 92 valence electrons. The molecule has 0 saturated carbocycles. The Morgan fingerprint density at radius 2 is 2.06 bits per heavy atom. The molecule has 0 aliphatic heterocycles. The lowest BCUT2D eigenvalue weighted by Gasteiger charge is -2.27. The minimum atomic E-state index is 0.144. The van der Waals surface area contributed by atoms with E-state index in [2.05, 4.69) is 65.2 Å². The van der Waals surface area contributed by atoms with Crippen molar-refractivity contribution >= 4 is 42.6 Å². The Hall–Kier alpha value is -0.610. The molecule has 0 unspecified atom stereocenters. The smallest absolute Gasteiger partial charge is 0.184 e. The van der Waals surface area contributed by atoms with Crippen LogP contribution in [0.4, 0.5) is 5.13 Å². The van der Waals surface area contributed by atoms with Gasteiger partial charge in [-0.05, 0) is 38.0 Å². The van der Waals surface area contributed by atoms with Gasteiger partial charge in [0.1, 0.15) is 0 Å². The van der Waals surface area contributed by atoms with E-state index < -0.39 is 0 Å². The van der Waals surface area contributed by atoms with Gasteiger partial charge in [0.2, 0.25) is 0 Å². The van der Waals surface area contributed by atoms with Gasteiger partial charge in [0, 0.05) is 10.0 Å². The molecular formula is C13H17BrN2S. The van der Waals surface area contributed by atoms with Crippen molar-refractivity contribution in [1.29, 1.82) is 0 Å². The third-order valence-electron chi connectivity index (χ3n) is 3.32. The van der Waals surface area contributed by atoms with Crippen molar-refractivity contribution < 1.29 is 0 Å². The zero-order valence-electron chi connectivity index (χ0n) is 10.4. The van der Waals surface area contributed by atoms with Gasteiger partial charge in [-0.2, -0.15) is 0 Å². The fraction of sp³-hybridized carbons (Fsp3) is 0.462. The maximum absolute atomic E-state index is 4.63. The van der Waals surface area contributed by atoms with Gasteiger partial charge < -0.3 is 5.32 Å². The number of halogens is 1. The van der Waals surface area contributed by atoms with E-state index in [0.29, 0.717) is 0 Å². The second-order valence-corrected chi connectivity index (χ2v) is 6.47. The van der Waals surface area contributed by atoms with Gasteiger partial charge in [0.15, 0.2) is 5.13 Å². The fourth-order valence-electron chi connectivity index (χ4n) is 1.64. The lowest BCUT2D eigenvalue weighted by molar-refractivity contribution is 0.478. The first-order valence-corrected chi connectivity index (χ1v) is 7.51. The van der Waals surface area contributed by atoms with Crippen molar-refractivity contribution in [2.75, 3.05) is 5.32 Å². The van der Waals surface area contributed by atoms with Crippen molar-refractivity contribution in [2.24, 2.45) is 0 Å². The Kier molecular flexibility index (Phi) is 3.73. The molecule has 1 heterocycles. The minimum absolute atomic E-state index is 0.144. The number of anilines is 1. The van der Waals surface area contributed by atoms with Crippen LogP contribution in [0.1, 0.15) is 33.6 Å². The number of thiazole rings is 1. The van der Waals surface area contributed by atoms with Gasteiger partial charge in [-0.15, -0.1) is 0 Å². The van der Waals surface area contributed by atoms with E-state index in [4.69, 9.17) is 0 Å². The molecule has 2 rings (SSSR count). The molecule has 0 spiro atoms.